The van der Waals surface area contributed by atoms with E-state index in [1.807, 2.05) is 24.3 Å². The molecule has 0 aliphatic rings. The Morgan fingerprint density at radius 1 is 0.941 bits per heavy atom. The van der Waals surface area contributed by atoms with Crippen molar-refractivity contribution in [3.63, 3.8) is 0 Å². The molecule has 0 unspecified atom stereocenters. The summed E-state index contributed by atoms with van der Waals surface area (Å²) in [4.78, 5) is 4.01. The number of benzene rings is 1. The molecule has 0 fully saturated rings. The predicted molar refractivity (Wildman–Crippen MR) is 70.1 cm³/mol. The molecule has 0 saturated carbocycles. The van der Waals surface area contributed by atoms with Crippen LogP contribution in [0.2, 0.25) is 0 Å². The van der Waals surface area contributed by atoms with E-state index >= 15 is 0 Å². The number of pyridine rings is 1. The number of ether oxygens (including phenoxy) is 1. The van der Waals surface area contributed by atoms with Gasteiger partial charge in [-0.2, -0.15) is 0 Å². The zero-order chi connectivity index (χ0) is 11.9. The first-order valence-corrected chi connectivity index (χ1v) is 6.03. The largest absolute Gasteiger partial charge is 0.494 e. The summed E-state index contributed by atoms with van der Waals surface area (Å²) < 4.78 is 5.62. The highest BCUT2D eigenvalue weighted by Crippen LogP contribution is 2.21. The molecule has 2 rings (SSSR count). The summed E-state index contributed by atoms with van der Waals surface area (Å²) in [5.74, 6) is 0.941. The van der Waals surface area contributed by atoms with E-state index < -0.39 is 0 Å². The van der Waals surface area contributed by atoms with Crippen LogP contribution in [0.15, 0.2) is 48.8 Å². The minimum absolute atomic E-state index is 0.797. The summed E-state index contributed by atoms with van der Waals surface area (Å²) in [6.07, 6.45) is 5.88. The summed E-state index contributed by atoms with van der Waals surface area (Å²) in [6.45, 7) is 2.96. The molecule has 0 radical (unpaired) electrons. The fourth-order valence-corrected chi connectivity index (χ4v) is 1.62. The minimum Gasteiger partial charge on any atom is -0.494 e. The second-order valence-electron chi connectivity index (χ2n) is 3.96. The Labute approximate surface area is 102 Å². The molecule has 0 atom stereocenters. The monoisotopic (exact) mass is 227 g/mol. The SMILES string of the molecule is CCCCOc1ccc(-c2ccncc2)cc1. The van der Waals surface area contributed by atoms with Crippen molar-refractivity contribution in [2.45, 2.75) is 19.8 Å². The smallest absolute Gasteiger partial charge is 0.119 e. The van der Waals surface area contributed by atoms with Gasteiger partial charge in [-0.05, 0) is 41.8 Å². The van der Waals surface area contributed by atoms with Gasteiger partial charge in [0, 0.05) is 12.4 Å². The summed E-state index contributed by atoms with van der Waals surface area (Å²) >= 11 is 0. The van der Waals surface area contributed by atoms with Crippen molar-refractivity contribution in [1.82, 2.24) is 4.98 Å². The van der Waals surface area contributed by atoms with E-state index in [1.165, 1.54) is 11.1 Å². The lowest BCUT2D eigenvalue weighted by atomic mass is 10.1. The molecule has 2 nitrogen and oxygen atoms in total. The molecular formula is C15H17NO. The van der Waals surface area contributed by atoms with E-state index in [9.17, 15) is 0 Å². The molecule has 0 spiro atoms. The van der Waals surface area contributed by atoms with Gasteiger partial charge >= 0.3 is 0 Å². The van der Waals surface area contributed by atoms with E-state index in [-0.39, 0.29) is 0 Å². The molecule has 0 saturated heterocycles. The van der Waals surface area contributed by atoms with Crippen molar-refractivity contribution in [2.75, 3.05) is 6.61 Å². The van der Waals surface area contributed by atoms with Gasteiger partial charge in [0.2, 0.25) is 0 Å². The van der Waals surface area contributed by atoms with Crippen LogP contribution >= 0.6 is 0 Å². The van der Waals surface area contributed by atoms with Crippen molar-refractivity contribution in [3.8, 4) is 16.9 Å². The number of aromatic nitrogens is 1. The molecule has 0 aliphatic heterocycles. The van der Waals surface area contributed by atoms with E-state index in [0.29, 0.717) is 0 Å². The van der Waals surface area contributed by atoms with Crippen LogP contribution in [0.25, 0.3) is 11.1 Å². The Balaban J connectivity index is 2.03. The number of nitrogens with zero attached hydrogens (tertiary/aromatic N) is 1. The van der Waals surface area contributed by atoms with Gasteiger partial charge in [0.15, 0.2) is 0 Å². The molecule has 17 heavy (non-hydrogen) atoms. The van der Waals surface area contributed by atoms with E-state index in [1.54, 1.807) is 12.4 Å². The maximum atomic E-state index is 5.62. The van der Waals surface area contributed by atoms with Crippen molar-refractivity contribution in [3.05, 3.63) is 48.8 Å². The van der Waals surface area contributed by atoms with Gasteiger partial charge in [-0.1, -0.05) is 25.5 Å². The van der Waals surface area contributed by atoms with Gasteiger partial charge in [-0.3, -0.25) is 4.98 Å². The van der Waals surface area contributed by atoms with E-state index in [0.717, 1.165) is 25.2 Å². The normalized spacial score (nSPS) is 10.2. The third kappa shape index (κ3) is 3.31. The zero-order valence-electron chi connectivity index (χ0n) is 10.1. The Morgan fingerprint density at radius 3 is 2.24 bits per heavy atom. The van der Waals surface area contributed by atoms with Crippen LogP contribution in [0, 0.1) is 0 Å². The van der Waals surface area contributed by atoms with Crippen LogP contribution in [0.1, 0.15) is 19.8 Å². The Kier molecular flexibility index (Phi) is 4.14. The molecule has 0 amide bonds. The first kappa shape index (κ1) is 11.6. The number of rotatable bonds is 5. The summed E-state index contributed by atoms with van der Waals surface area (Å²) in [5.41, 5.74) is 2.37. The van der Waals surface area contributed by atoms with Crippen molar-refractivity contribution < 1.29 is 4.74 Å². The third-order valence-corrected chi connectivity index (χ3v) is 2.63. The van der Waals surface area contributed by atoms with E-state index in [2.05, 4.69) is 24.0 Å². The summed E-state index contributed by atoms with van der Waals surface area (Å²) in [7, 11) is 0. The number of hydrogen-bond acceptors (Lipinski definition) is 2. The Bertz CT molecular complexity index is 436. The van der Waals surface area contributed by atoms with Crippen LogP contribution < -0.4 is 4.74 Å². The maximum Gasteiger partial charge on any atom is 0.119 e. The Hall–Kier alpha value is -1.83. The molecule has 2 aromatic rings. The lowest BCUT2D eigenvalue weighted by Gasteiger charge is -2.06. The number of hydrogen-bond donors (Lipinski definition) is 0. The second kappa shape index (κ2) is 6.04. The first-order chi connectivity index (χ1) is 8.40. The molecule has 1 aromatic heterocycles. The van der Waals surface area contributed by atoms with Crippen LogP contribution in [0.4, 0.5) is 0 Å². The lowest BCUT2D eigenvalue weighted by molar-refractivity contribution is 0.309. The molecule has 1 heterocycles. The molecular weight excluding hydrogens is 210 g/mol. The van der Waals surface area contributed by atoms with Gasteiger partial charge in [-0.15, -0.1) is 0 Å². The van der Waals surface area contributed by atoms with Gasteiger partial charge in [0.1, 0.15) is 5.75 Å². The van der Waals surface area contributed by atoms with Crippen molar-refractivity contribution in [1.29, 1.82) is 0 Å². The second-order valence-corrected chi connectivity index (χ2v) is 3.96. The molecule has 0 aliphatic carbocycles. The fraction of sp³-hybridized carbons (Fsp3) is 0.267. The molecule has 88 valence electrons. The van der Waals surface area contributed by atoms with Gasteiger partial charge < -0.3 is 4.74 Å². The highest BCUT2D eigenvalue weighted by Gasteiger charge is 1.97. The molecule has 2 heteroatoms. The van der Waals surface area contributed by atoms with Crippen LogP contribution in [-0.4, -0.2) is 11.6 Å². The average Bonchev–Trinajstić information content (AvgIpc) is 2.41. The lowest BCUT2D eigenvalue weighted by Crippen LogP contribution is -1.95. The van der Waals surface area contributed by atoms with E-state index in [4.69, 9.17) is 4.74 Å². The predicted octanol–water partition coefficient (Wildman–Crippen LogP) is 3.93. The highest BCUT2D eigenvalue weighted by molar-refractivity contribution is 5.63. The van der Waals surface area contributed by atoms with Gasteiger partial charge in [0.05, 0.1) is 6.61 Å². The molecule has 1 aromatic carbocycles. The van der Waals surface area contributed by atoms with Gasteiger partial charge in [-0.25, -0.2) is 0 Å². The summed E-state index contributed by atoms with van der Waals surface area (Å²) in [5, 5.41) is 0. The fourth-order valence-electron chi connectivity index (χ4n) is 1.62. The number of unbranched alkanes of at least 4 members (excludes halogenated alkanes) is 1. The van der Waals surface area contributed by atoms with Crippen molar-refractivity contribution >= 4 is 0 Å². The average molecular weight is 227 g/mol. The van der Waals surface area contributed by atoms with Crippen LogP contribution in [0.5, 0.6) is 5.75 Å². The third-order valence-electron chi connectivity index (χ3n) is 2.63. The van der Waals surface area contributed by atoms with Gasteiger partial charge in [0.25, 0.3) is 0 Å². The Morgan fingerprint density at radius 2 is 1.59 bits per heavy atom. The zero-order valence-corrected chi connectivity index (χ0v) is 10.1. The van der Waals surface area contributed by atoms with Crippen LogP contribution in [0.3, 0.4) is 0 Å². The first-order valence-electron chi connectivity index (χ1n) is 6.03. The quantitative estimate of drug-likeness (QED) is 0.722. The minimum atomic E-state index is 0.797. The topological polar surface area (TPSA) is 22.1 Å². The van der Waals surface area contributed by atoms with Crippen LogP contribution in [-0.2, 0) is 0 Å². The standard InChI is InChI=1S/C15H17NO/c1-2-3-12-17-15-6-4-13(5-7-15)14-8-10-16-11-9-14/h4-11H,2-3,12H2,1H3. The molecule has 0 bridgehead atoms. The maximum absolute atomic E-state index is 5.62. The summed E-state index contributed by atoms with van der Waals surface area (Å²) in [6, 6.07) is 12.2. The van der Waals surface area contributed by atoms with Crippen molar-refractivity contribution in [2.24, 2.45) is 0 Å². The molecule has 0 N–H and O–H groups in total. The highest BCUT2D eigenvalue weighted by atomic mass is 16.5.